The average Bonchev–Trinajstić information content (AvgIpc) is 3.75. The number of anilines is 1. The summed E-state index contributed by atoms with van der Waals surface area (Å²) in [7, 11) is 9.13. The second kappa shape index (κ2) is 17.7. The van der Waals surface area contributed by atoms with Crippen molar-refractivity contribution >= 4 is 17.1 Å². The van der Waals surface area contributed by atoms with Crippen molar-refractivity contribution in [3.8, 4) is 11.5 Å². The quantitative estimate of drug-likeness (QED) is 0.106. The maximum atomic E-state index is 7.41. The fraction of sp³-hybridized carbons (Fsp3) is 0.480. The van der Waals surface area contributed by atoms with E-state index < -0.39 is 0 Å². The minimum Gasteiger partial charge on any atom is -0.497 e. The maximum Gasteiger partial charge on any atom is 0.222 e. The molecule has 1 aliphatic carbocycles. The lowest BCUT2D eigenvalue weighted by Crippen LogP contribution is -2.38. The van der Waals surface area contributed by atoms with Crippen molar-refractivity contribution in [2.24, 2.45) is 12.5 Å². The van der Waals surface area contributed by atoms with Crippen molar-refractivity contribution < 1.29 is 32.8 Å². The largest absolute Gasteiger partial charge is 0.497 e. The summed E-state index contributed by atoms with van der Waals surface area (Å²) in [6, 6.07) is 19.3. The zero-order chi connectivity index (χ0) is 41.8. The Bertz CT molecular complexity index is 2130. The standard InChI is InChI=1S/C50H67N3O5/c1-48(2,3)47(43-17-13-14-28-51(43)8)58-46-35(20-26-44-49(4,5)39-33-37(56-11)22-24-41(39)52(44)29-15-31-54-9)18-19-36(46)21-27-45-50(6,7)40-34-38(57-12)23-25-42(40)53(45)30-16-32-55-10/h13-14,17,20-28,33-34,47H,15-16,18-19,29-32H2,1-12H3/q+2. The van der Waals surface area contributed by atoms with Gasteiger partial charge < -0.3 is 28.6 Å². The number of allylic oxidation sites excluding steroid dienone is 7. The van der Waals surface area contributed by atoms with Crippen LogP contribution < -0.4 is 18.9 Å². The van der Waals surface area contributed by atoms with Crippen LogP contribution in [0.25, 0.3) is 0 Å². The van der Waals surface area contributed by atoms with Crippen LogP contribution in [0.5, 0.6) is 11.5 Å². The van der Waals surface area contributed by atoms with Gasteiger partial charge in [-0.1, -0.05) is 40.7 Å². The van der Waals surface area contributed by atoms with Crippen molar-refractivity contribution in [3.05, 3.63) is 125 Å². The highest BCUT2D eigenvalue weighted by Gasteiger charge is 2.45. The lowest BCUT2D eigenvalue weighted by atomic mass is 9.81. The van der Waals surface area contributed by atoms with Gasteiger partial charge in [-0.25, -0.2) is 4.57 Å². The van der Waals surface area contributed by atoms with Crippen LogP contribution in [0.2, 0.25) is 0 Å². The van der Waals surface area contributed by atoms with Gasteiger partial charge in [-0.3, -0.25) is 0 Å². The Labute approximate surface area is 348 Å². The van der Waals surface area contributed by atoms with Crippen molar-refractivity contribution in [1.82, 2.24) is 0 Å². The molecule has 310 valence electrons. The van der Waals surface area contributed by atoms with Gasteiger partial charge in [0.05, 0.1) is 26.2 Å². The Morgan fingerprint density at radius 1 is 0.793 bits per heavy atom. The zero-order valence-corrected chi connectivity index (χ0v) is 37.2. The fourth-order valence-corrected chi connectivity index (χ4v) is 8.92. The number of aromatic nitrogens is 1. The molecular formula is C50H67N3O5+2. The van der Waals surface area contributed by atoms with Crippen molar-refractivity contribution in [3.63, 3.8) is 0 Å². The lowest BCUT2D eigenvalue weighted by molar-refractivity contribution is -0.684. The first kappa shape index (κ1) is 42.9. The molecule has 0 N–H and O–H groups in total. The molecule has 3 aromatic rings. The Kier molecular flexibility index (Phi) is 13.1. The molecule has 0 fully saturated rings. The van der Waals surface area contributed by atoms with E-state index in [-0.39, 0.29) is 22.3 Å². The predicted octanol–water partition coefficient (Wildman–Crippen LogP) is 9.99. The van der Waals surface area contributed by atoms with Gasteiger partial charge in [0, 0.05) is 85.8 Å². The second-order valence-corrected chi connectivity index (χ2v) is 17.9. The average molecular weight is 790 g/mol. The normalized spacial score (nSPS) is 19.1. The number of methoxy groups -OCH3 is 4. The molecule has 8 nitrogen and oxygen atoms in total. The molecule has 58 heavy (non-hydrogen) atoms. The summed E-state index contributed by atoms with van der Waals surface area (Å²) in [6.45, 7) is 19.2. The summed E-state index contributed by atoms with van der Waals surface area (Å²) in [5, 5.41) is 0. The van der Waals surface area contributed by atoms with E-state index in [4.69, 9.17) is 23.7 Å². The molecule has 0 amide bonds. The topological polar surface area (TPSA) is 56.3 Å². The van der Waals surface area contributed by atoms with Crippen LogP contribution in [0.1, 0.15) is 97.1 Å². The molecule has 3 aliphatic rings. The molecule has 6 rings (SSSR count). The molecule has 1 aromatic heterocycles. The predicted molar refractivity (Wildman–Crippen MR) is 235 cm³/mol. The monoisotopic (exact) mass is 790 g/mol. The van der Waals surface area contributed by atoms with Crippen LogP contribution in [0.4, 0.5) is 11.4 Å². The zero-order valence-electron chi connectivity index (χ0n) is 37.2. The summed E-state index contributed by atoms with van der Waals surface area (Å²) >= 11 is 0. The Balaban J connectivity index is 1.48. The summed E-state index contributed by atoms with van der Waals surface area (Å²) in [6.07, 6.45) is 14.9. The molecule has 0 saturated carbocycles. The van der Waals surface area contributed by atoms with Gasteiger partial charge in [-0.2, -0.15) is 4.58 Å². The van der Waals surface area contributed by atoms with E-state index in [0.717, 1.165) is 61.7 Å². The smallest absolute Gasteiger partial charge is 0.222 e. The van der Waals surface area contributed by atoms with Gasteiger partial charge in [-0.15, -0.1) is 0 Å². The van der Waals surface area contributed by atoms with E-state index in [2.05, 4.69) is 155 Å². The molecule has 1 unspecified atom stereocenters. The van der Waals surface area contributed by atoms with Crippen LogP contribution in [0.3, 0.4) is 0 Å². The third-order valence-electron chi connectivity index (χ3n) is 12.2. The minimum absolute atomic E-state index is 0.180. The first-order valence-electron chi connectivity index (χ1n) is 20.9. The molecule has 1 atom stereocenters. The number of hydrogen-bond acceptors (Lipinski definition) is 6. The maximum absolute atomic E-state index is 7.41. The lowest BCUT2D eigenvalue weighted by Gasteiger charge is -2.30. The second-order valence-electron chi connectivity index (χ2n) is 17.9. The minimum atomic E-state index is -0.236. The van der Waals surface area contributed by atoms with E-state index in [0.29, 0.717) is 13.2 Å². The van der Waals surface area contributed by atoms with Crippen LogP contribution in [-0.4, -0.2) is 65.0 Å². The molecule has 0 radical (unpaired) electrons. The first-order chi connectivity index (χ1) is 27.7. The summed E-state index contributed by atoms with van der Waals surface area (Å²) < 4.78 is 34.4. The molecule has 2 aromatic carbocycles. The number of aryl methyl sites for hydroxylation is 1. The van der Waals surface area contributed by atoms with Crippen molar-refractivity contribution in [1.29, 1.82) is 0 Å². The Hall–Kier alpha value is -4.66. The van der Waals surface area contributed by atoms with Gasteiger partial charge in [0.25, 0.3) is 0 Å². The number of benzene rings is 2. The van der Waals surface area contributed by atoms with Gasteiger partial charge in [0.15, 0.2) is 24.6 Å². The van der Waals surface area contributed by atoms with Crippen LogP contribution in [-0.2, 0) is 32.1 Å². The molecule has 8 heteroatoms. The Morgan fingerprint density at radius 3 is 2.16 bits per heavy atom. The molecular weight excluding hydrogens is 723 g/mol. The fourth-order valence-electron chi connectivity index (χ4n) is 8.92. The number of nitrogens with zero attached hydrogens (tertiary/aromatic N) is 3. The molecule has 3 heterocycles. The van der Waals surface area contributed by atoms with Crippen LogP contribution in [0, 0.1) is 5.41 Å². The number of ether oxygens (including phenoxy) is 5. The summed E-state index contributed by atoms with van der Waals surface area (Å²) in [5.41, 5.74) is 10.4. The van der Waals surface area contributed by atoms with E-state index in [9.17, 15) is 0 Å². The van der Waals surface area contributed by atoms with E-state index in [1.54, 1.807) is 28.4 Å². The van der Waals surface area contributed by atoms with E-state index >= 15 is 0 Å². The number of rotatable bonds is 16. The Morgan fingerprint density at radius 2 is 1.48 bits per heavy atom. The summed E-state index contributed by atoms with van der Waals surface area (Å²) in [5.74, 6) is 2.72. The molecule has 0 bridgehead atoms. The highest BCUT2D eigenvalue weighted by molar-refractivity contribution is 6.03. The number of hydrogen-bond donors (Lipinski definition) is 0. The van der Waals surface area contributed by atoms with E-state index in [1.807, 2.05) is 0 Å². The SMILES string of the molecule is COCCCN1/C(=C/C=C2\CCC(/C=C/C3=[N+](CCCOC)c4ccc(OC)cc4C3(C)C)=C2OC(c2cccc[n+]2C)C(C)(C)C)C(C)(C)c2cc(OC)ccc21. The van der Waals surface area contributed by atoms with Gasteiger partial charge in [0.1, 0.15) is 24.3 Å². The highest BCUT2D eigenvalue weighted by Crippen LogP contribution is 2.50. The third-order valence-corrected chi connectivity index (χ3v) is 12.2. The number of fused-ring (bicyclic) bond motifs is 2. The molecule has 0 spiro atoms. The molecule has 2 aliphatic heterocycles. The summed E-state index contributed by atoms with van der Waals surface area (Å²) in [4.78, 5) is 2.47. The van der Waals surface area contributed by atoms with Crippen LogP contribution in [0.15, 0.2) is 108 Å². The number of pyridine rings is 1. The van der Waals surface area contributed by atoms with Crippen molar-refractivity contribution in [2.45, 2.75) is 91.1 Å². The van der Waals surface area contributed by atoms with Gasteiger partial charge in [-0.05, 0) is 98.4 Å². The van der Waals surface area contributed by atoms with E-state index in [1.165, 1.54) is 45.1 Å². The van der Waals surface area contributed by atoms with Crippen LogP contribution >= 0.6 is 0 Å². The van der Waals surface area contributed by atoms with Crippen molar-refractivity contribution in [2.75, 3.05) is 59.6 Å². The highest BCUT2D eigenvalue weighted by atomic mass is 16.5. The van der Waals surface area contributed by atoms with Gasteiger partial charge >= 0.3 is 0 Å². The van der Waals surface area contributed by atoms with Gasteiger partial charge in [0.2, 0.25) is 11.4 Å². The third kappa shape index (κ3) is 8.55. The molecule has 0 saturated heterocycles. The first-order valence-corrected chi connectivity index (χ1v) is 20.9.